The van der Waals surface area contributed by atoms with E-state index in [1.807, 2.05) is 0 Å². The normalized spacial score (nSPS) is 20.3. The van der Waals surface area contributed by atoms with Crippen molar-refractivity contribution >= 4 is 0 Å². The molecule has 0 aromatic rings. The van der Waals surface area contributed by atoms with Gasteiger partial charge in [0.25, 0.3) is 5.92 Å². The lowest BCUT2D eigenvalue weighted by Gasteiger charge is -2.39. The largest absolute Gasteiger partial charge is 0.379 e. The third kappa shape index (κ3) is 3.17. The van der Waals surface area contributed by atoms with Crippen LogP contribution in [0.5, 0.6) is 0 Å². The molecule has 0 aliphatic carbocycles. The van der Waals surface area contributed by atoms with Crippen molar-refractivity contribution in [2.24, 2.45) is 0 Å². The molecule has 0 amide bonds. The van der Waals surface area contributed by atoms with Crippen LogP contribution in [0.4, 0.5) is 8.78 Å². The molecule has 0 spiro atoms. The number of alkyl halides is 2. The molecule has 1 heterocycles. The molecular weight excluding hydrogens is 178 g/mol. The molecule has 5 heteroatoms. The summed E-state index contributed by atoms with van der Waals surface area (Å²) in [5.41, 5.74) is 0. The zero-order chi connectivity index (χ0) is 9.90. The highest BCUT2D eigenvalue weighted by Gasteiger charge is 2.36. The van der Waals surface area contributed by atoms with Crippen molar-refractivity contribution in [3.8, 4) is 0 Å². The second kappa shape index (κ2) is 4.30. The maximum atomic E-state index is 13.0. The lowest BCUT2D eigenvalue weighted by molar-refractivity contribution is -0.0900. The molecule has 0 saturated carbocycles. The van der Waals surface area contributed by atoms with E-state index in [1.54, 1.807) is 12.0 Å². The van der Waals surface area contributed by atoms with Crippen LogP contribution in [0, 0.1) is 0 Å². The molecule has 0 unspecified atom stereocenters. The van der Waals surface area contributed by atoms with Gasteiger partial charge in [0, 0.05) is 20.2 Å². The molecule has 3 nitrogen and oxygen atoms in total. The first-order chi connectivity index (χ1) is 6.07. The van der Waals surface area contributed by atoms with Gasteiger partial charge in [0.15, 0.2) is 0 Å². The summed E-state index contributed by atoms with van der Waals surface area (Å²) in [5, 5.41) is 2.48. The van der Waals surface area contributed by atoms with Crippen molar-refractivity contribution in [3.05, 3.63) is 0 Å². The average Bonchev–Trinajstić information content (AvgIpc) is 1.95. The Kier molecular flexibility index (Phi) is 3.58. The van der Waals surface area contributed by atoms with Crippen molar-refractivity contribution in [2.75, 3.05) is 40.3 Å². The Morgan fingerprint density at radius 2 is 2.15 bits per heavy atom. The molecule has 1 N–H and O–H groups in total. The van der Waals surface area contributed by atoms with Crippen LogP contribution in [-0.2, 0) is 4.74 Å². The van der Waals surface area contributed by atoms with Crippen LogP contribution < -0.4 is 5.32 Å². The fraction of sp³-hybridized carbons (Fsp3) is 1.00. The van der Waals surface area contributed by atoms with Gasteiger partial charge >= 0.3 is 0 Å². The van der Waals surface area contributed by atoms with Gasteiger partial charge in [-0.05, 0) is 7.05 Å². The van der Waals surface area contributed by atoms with Gasteiger partial charge in [-0.15, -0.1) is 0 Å². The molecule has 0 atom stereocenters. The summed E-state index contributed by atoms with van der Waals surface area (Å²) >= 11 is 0. The number of likely N-dealkylation sites (tertiary alicyclic amines) is 1. The second-order valence-electron chi connectivity index (χ2n) is 3.44. The quantitative estimate of drug-likeness (QED) is 0.675. The van der Waals surface area contributed by atoms with E-state index in [2.05, 4.69) is 5.32 Å². The van der Waals surface area contributed by atoms with Gasteiger partial charge in [0.1, 0.15) is 0 Å². The Bertz CT molecular complexity index is 160. The molecule has 0 bridgehead atoms. The van der Waals surface area contributed by atoms with Crippen LogP contribution in [0.2, 0.25) is 0 Å². The standard InChI is InChI=1S/C8H16F2N2O/c1-11-5-8(9,10)6-12-3-7(4-12)13-2/h7,11H,3-6H2,1-2H3. The Morgan fingerprint density at radius 1 is 1.54 bits per heavy atom. The summed E-state index contributed by atoms with van der Waals surface area (Å²) in [6, 6.07) is 0. The van der Waals surface area contributed by atoms with E-state index in [0.717, 1.165) is 0 Å². The summed E-state index contributed by atoms with van der Waals surface area (Å²) < 4.78 is 31.0. The Morgan fingerprint density at radius 3 is 2.62 bits per heavy atom. The molecule has 1 rings (SSSR count). The first kappa shape index (κ1) is 10.8. The topological polar surface area (TPSA) is 24.5 Å². The number of nitrogens with one attached hydrogen (secondary N) is 1. The van der Waals surface area contributed by atoms with Gasteiger partial charge in [0.05, 0.1) is 19.2 Å². The van der Waals surface area contributed by atoms with Crippen LogP contribution in [-0.4, -0.2) is 57.3 Å². The molecule has 0 aromatic carbocycles. The van der Waals surface area contributed by atoms with Crippen molar-refractivity contribution in [3.63, 3.8) is 0 Å². The van der Waals surface area contributed by atoms with E-state index >= 15 is 0 Å². The number of halogens is 2. The van der Waals surface area contributed by atoms with E-state index in [-0.39, 0.29) is 19.2 Å². The van der Waals surface area contributed by atoms with E-state index in [0.29, 0.717) is 13.1 Å². The monoisotopic (exact) mass is 194 g/mol. The fourth-order valence-electron chi connectivity index (χ4n) is 1.44. The molecule has 0 aromatic heterocycles. The van der Waals surface area contributed by atoms with Crippen molar-refractivity contribution in [1.29, 1.82) is 0 Å². The summed E-state index contributed by atoms with van der Waals surface area (Å²) in [4.78, 5) is 1.70. The van der Waals surface area contributed by atoms with Crippen LogP contribution in [0.25, 0.3) is 0 Å². The molecule has 1 fully saturated rings. The Labute approximate surface area is 77.0 Å². The Balaban J connectivity index is 2.18. The molecule has 1 saturated heterocycles. The van der Waals surface area contributed by atoms with Crippen LogP contribution in [0.3, 0.4) is 0 Å². The smallest absolute Gasteiger partial charge is 0.272 e. The summed E-state index contributed by atoms with van der Waals surface area (Å²) in [5.74, 6) is -2.63. The number of hydrogen-bond donors (Lipinski definition) is 1. The third-order valence-electron chi connectivity index (χ3n) is 2.15. The lowest BCUT2D eigenvalue weighted by atomic mass is 10.1. The maximum Gasteiger partial charge on any atom is 0.272 e. The minimum atomic E-state index is -2.63. The molecular formula is C8H16F2N2O. The summed E-state index contributed by atoms with van der Waals surface area (Å²) in [6.45, 7) is 0.806. The van der Waals surface area contributed by atoms with Crippen LogP contribution in [0.1, 0.15) is 0 Å². The minimum Gasteiger partial charge on any atom is -0.379 e. The number of ether oxygens (including phenoxy) is 1. The maximum absolute atomic E-state index is 13.0. The SMILES string of the molecule is CNCC(F)(F)CN1CC(OC)C1. The first-order valence-corrected chi connectivity index (χ1v) is 4.35. The van der Waals surface area contributed by atoms with Gasteiger partial charge in [-0.25, -0.2) is 8.78 Å². The highest BCUT2D eigenvalue weighted by Crippen LogP contribution is 2.19. The lowest BCUT2D eigenvalue weighted by Crippen LogP contribution is -2.56. The number of methoxy groups -OCH3 is 1. The first-order valence-electron chi connectivity index (χ1n) is 4.35. The summed E-state index contributed by atoms with van der Waals surface area (Å²) in [7, 11) is 3.13. The highest BCUT2D eigenvalue weighted by molar-refractivity contribution is 4.85. The number of nitrogens with zero attached hydrogens (tertiary/aromatic N) is 1. The van der Waals surface area contributed by atoms with E-state index in [4.69, 9.17) is 4.74 Å². The fourth-order valence-corrected chi connectivity index (χ4v) is 1.44. The van der Waals surface area contributed by atoms with Gasteiger partial charge in [0.2, 0.25) is 0 Å². The van der Waals surface area contributed by atoms with Crippen molar-refractivity contribution < 1.29 is 13.5 Å². The van der Waals surface area contributed by atoms with Gasteiger partial charge in [-0.2, -0.15) is 0 Å². The highest BCUT2D eigenvalue weighted by atomic mass is 19.3. The second-order valence-corrected chi connectivity index (χ2v) is 3.44. The van der Waals surface area contributed by atoms with Crippen molar-refractivity contribution in [2.45, 2.75) is 12.0 Å². The van der Waals surface area contributed by atoms with Gasteiger partial charge in [-0.3, -0.25) is 4.90 Å². The zero-order valence-corrected chi connectivity index (χ0v) is 8.02. The molecule has 0 radical (unpaired) electrons. The van der Waals surface area contributed by atoms with Crippen LogP contribution in [0.15, 0.2) is 0 Å². The molecule has 1 aliphatic rings. The number of hydrogen-bond acceptors (Lipinski definition) is 3. The van der Waals surface area contributed by atoms with Crippen molar-refractivity contribution in [1.82, 2.24) is 10.2 Å². The van der Waals surface area contributed by atoms with E-state index in [1.165, 1.54) is 7.05 Å². The molecule has 78 valence electrons. The third-order valence-corrected chi connectivity index (χ3v) is 2.15. The zero-order valence-electron chi connectivity index (χ0n) is 8.02. The average molecular weight is 194 g/mol. The Hall–Kier alpha value is -0.260. The van der Waals surface area contributed by atoms with E-state index < -0.39 is 5.92 Å². The molecule has 1 aliphatic heterocycles. The number of rotatable bonds is 5. The minimum absolute atomic E-state index is 0.144. The van der Waals surface area contributed by atoms with Crippen LogP contribution >= 0.6 is 0 Å². The summed E-state index contributed by atoms with van der Waals surface area (Å²) in [6.07, 6.45) is 0.144. The van der Waals surface area contributed by atoms with Gasteiger partial charge in [-0.1, -0.05) is 0 Å². The predicted molar refractivity (Wildman–Crippen MR) is 46.1 cm³/mol. The molecule has 13 heavy (non-hydrogen) atoms. The van der Waals surface area contributed by atoms with Gasteiger partial charge < -0.3 is 10.1 Å². The predicted octanol–water partition coefficient (Wildman–Crippen LogP) is 0.172. The van der Waals surface area contributed by atoms with E-state index in [9.17, 15) is 8.78 Å².